The number of hydrogen-bond acceptors (Lipinski definition) is 2. The third kappa shape index (κ3) is 22.5. The van der Waals surface area contributed by atoms with E-state index in [-0.39, 0.29) is 5.60 Å². The summed E-state index contributed by atoms with van der Waals surface area (Å²) in [5, 5.41) is 8.20. The maximum absolute atomic E-state index is 8.20. The average Bonchev–Trinajstić information content (AvgIpc) is 2.01. The van der Waals surface area contributed by atoms with Gasteiger partial charge in [-0.1, -0.05) is 19.8 Å². The molecule has 0 spiro atoms. The van der Waals surface area contributed by atoms with Crippen LogP contribution in [0.3, 0.4) is 0 Å². The molecular weight excluding hydrogens is 152 g/mol. The third-order valence-corrected chi connectivity index (χ3v) is 1.37. The molecule has 0 unspecified atom stereocenters. The molecule has 0 aliphatic rings. The molecule has 2 nitrogen and oxygen atoms in total. The molecule has 0 rings (SSSR count). The molecule has 0 radical (unpaired) electrons. The van der Waals surface area contributed by atoms with Crippen LogP contribution in [0.4, 0.5) is 0 Å². The number of unbranched alkanes of at least 4 members (excludes halogenated alkanes) is 2. The van der Waals surface area contributed by atoms with E-state index in [0.29, 0.717) is 6.61 Å². The van der Waals surface area contributed by atoms with Crippen molar-refractivity contribution in [3.63, 3.8) is 0 Å². The summed E-state index contributed by atoms with van der Waals surface area (Å²) in [5.41, 5.74) is 0.0417. The quantitative estimate of drug-likeness (QED) is 0.670. The van der Waals surface area contributed by atoms with Crippen LogP contribution in [0.2, 0.25) is 0 Å². The Hall–Kier alpha value is -0.0800. The maximum atomic E-state index is 8.20. The van der Waals surface area contributed by atoms with Gasteiger partial charge < -0.3 is 9.84 Å². The summed E-state index contributed by atoms with van der Waals surface area (Å²) < 4.78 is 4.94. The van der Waals surface area contributed by atoms with Crippen molar-refractivity contribution in [2.75, 3.05) is 13.7 Å². The Morgan fingerprint density at radius 2 is 1.58 bits per heavy atom. The molecule has 2 heteroatoms. The molecule has 0 heterocycles. The second kappa shape index (κ2) is 9.01. The van der Waals surface area contributed by atoms with Crippen molar-refractivity contribution in [2.24, 2.45) is 0 Å². The number of hydrogen-bond donors (Lipinski definition) is 1. The Labute approximate surface area is 76.9 Å². The van der Waals surface area contributed by atoms with Crippen LogP contribution in [-0.2, 0) is 4.74 Å². The Bertz CT molecular complexity index is 70.4. The van der Waals surface area contributed by atoms with Crippen LogP contribution >= 0.6 is 0 Å². The van der Waals surface area contributed by atoms with Gasteiger partial charge >= 0.3 is 0 Å². The lowest BCUT2D eigenvalue weighted by Gasteiger charge is -2.14. The first kappa shape index (κ1) is 14.4. The van der Waals surface area contributed by atoms with E-state index in [0.717, 1.165) is 12.8 Å². The van der Waals surface area contributed by atoms with Crippen molar-refractivity contribution >= 4 is 0 Å². The first-order valence-electron chi connectivity index (χ1n) is 4.64. The fraction of sp³-hybridized carbons (Fsp3) is 1.00. The van der Waals surface area contributed by atoms with Crippen molar-refractivity contribution in [3.05, 3.63) is 0 Å². The van der Waals surface area contributed by atoms with Crippen LogP contribution in [0.1, 0.15) is 47.0 Å². The summed E-state index contributed by atoms with van der Waals surface area (Å²) in [6.45, 7) is 8.54. The summed E-state index contributed by atoms with van der Waals surface area (Å²) >= 11 is 0. The number of rotatable bonds is 3. The number of aliphatic hydroxyl groups excluding tert-OH is 1. The van der Waals surface area contributed by atoms with Crippen LogP contribution in [0, 0.1) is 0 Å². The highest BCUT2D eigenvalue weighted by Gasteiger charge is 2.03. The first-order valence-corrected chi connectivity index (χ1v) is 4.64. The molecule has 0 saturated heterocycles. The van der Waals surface area contributed by atoms with Gasteiger partial charge in [-0.2, -0.15) is 0 Å². The standard InChI is InChI=1S/2C5H12O/c1-5(2,3)6-4;1-2-3-4-5-6/h1-4H3;6H,2-5H2,1H3. The van der Waals surface area contributed by atoms with Crippen molar-refractivity contribution < 1.29 is 9.84 Å². The van der Waals surface area contributed by atoms with Crippen molar-refractivity contribution in [1.82, 2.24) is 0 Å². The zero-order valence-electron chi connectivity index (χ0n) is 9.18. The second-order valence-corrected chi connectivity index (χ2v) is 3.75. The largest absolute Gasteiger partial charge is 0.396 e. The molecule has 0 aromatic heterocycles. The van der Waals surface area contributed by atoms with Gasteiger partial charge in [0.25, 0.3) is 0 Å². The fourth-order valence-corrected chi connectivity index (χ4v) is 0.362. The van der Waals surface area contributed by atoms with E-state index in [1.165, 1.54) is 6.42 Å². The molecule has 0 aliphatic carbocycles. The van der Waals surface area contributed by atoms with Gasteiger partial charge in [-0.15, -0.1) is 0 Å². The molecule has 0 aromatic rings. The molecule has 0 bridgehead atoms. The SMILES string of the molecule is CCCCCO.COC(C)(C)C. The Balaban J connectivity index is 0. The topological polar surface area (TPSA) is 29.5 Å². The predicted molar refractivity (Wildman–Crippen MR) is 53.4 cm³/mol. The van der Waals surface area contributed by atoms with Gasteiger partial charge in [-0.3, -0.25) is 0 Å². The zero-order valence-corrected chi connectivity index (χ0v) is 9.18. The van der Waals surface area contributed by atoms with Gasteiger partial charge in [0.05, 0.1) is 5.60 Å². The smallest absolute Gasteiger partial charge is 0.0594 e. The molecule has 1 N–H and O–H groups in total. The summed E-state index contributed by atoms with van der Waals surface area (Å²) in [4.78, 5) is 0. The molecule has 76 valence electrons. The minimum absolute atomic E-state index is 0.0417. The van der Waals surface area contributed by atoms with E-state index in [4.69, 9.17) is 9.84 Å². The highest BCUT2D eigenvalue weighted by atomic mass is 16.5. The Morgan fingerprint density at radius 1 is 1.17 bits per heavy atom. The summed E-state index contributed by atoms with van der Waals surface area (Å²) in [5.74, 6) is 0. The lowest BCUT2D eigenvalue weighted by molar-refractivity contribution is 0.0397. The van der Waals surface area contributed by atoms with Gasteiger partial charge in [-0.05, 0) is 27.2 Å². The summed E-state index contributed by atoms with van der Waals surface area (Å²) in [7, 11) is 1.71. The lowest BCUT2D eigenvalue weighted by Crippen LogP contribution is -2.15. The van der Waals surface area contributed by atoms with E-state index in [9.17, 15) is 0 Å². The van der Waals surface area contributed by atoms with Crippen molar-refractivity contribution in [1.29, 1.82) is 0 Å². The molecule has 12 heavy (non-hydrogen) atoms. The monoisotopic (exact) mass is 176 g/mol. The minimum atomic E-state index is 0.0417. The molecule has 0 saturated carbocycles. The molecule has 0 aromatic carbocycles. The van der Waals surface area contributed by atoms with Gasteiger partial charge in [0.15, 0.2) is 0 Å². The van der Waals surface area contributed by atoms with E-state index < -0.39 is 0 Å². The van der Waals surface area contributed by atoms with Crippen LogP contribution in [0.15, 0.2) is 0 Å². The molecule has 0 amide bonds. The highest BCUT2D eigenvalue weighted by Crippen LogP contribution is 2.02. The van der Waals surface area contributed by atoms with E-state index in [1.54, 1.807) is 7.11 Å². The Kier molecular flexibility index (Phi) is 10.8. The van der Waals surface area contributed by atoms with Gasteiger partial charge in [0, 0.05) is 13.7 Å². The van der Waals surface area contributed by atoms with Gasteiger partial charge in [-0.25, -0.2) is 0 Å². The van der Waals surface area contributed by atoms with E-state index in [2.05, 4.69) is 6.92 Å². The van der Waals surface area contributed by atoms with Crippen LogP contribution in [-0.4, -0.2) is 24.4 Å². The van der Waals surface area contributed by atoms with Gasteiger partial charge in [0.2, 0.25) is 0 Å². The molecule has 0 fully saturated rings. The summed E-state index contributed by atoms with van der Waals surface area (Å²) in [6, 6.07) is 0. The minimum Gasteiger partial charge on any atom is -0.396 e. The third-order valence-electron chi connectivity index (χ3n) is 1.37. The highest BCUT2D eigenvalue weighted by molar-refractivity contribution is 4.55. The first-order chi connectivity index (χ1) is 5.47. The van der Waals surface area contributed by atoms with E-state index >= 15 is 0 Å². The molecule has 0 aliphatic heterocycles. The Morgan fingerprint density at radius 3 is 1.67 bits per heavy atom. The van der Waals surface area contributed by atoms with Crippen LogP contribution < -0.4 is 0 Å². The maximum Gasteiger partial charge on any atom is 0.0594 e. The molecule has 0 atom stereocenters. The average molecular weight is 176 g/mol. The normalized spacial score (nSPS) is 10.5. The summed E-state index contributed by atoms with van der Waals surface area (Å²) in [6.07, 6.45) is 3.33. The van der Waals surface area contributed by atoms with Crippen LogP contribution in [0.25, 0.3) is 0 Å². The lowest BCUT2D eigenvalue weighted by atomic mass is 10.2. The number of methoxy groups -OCH3 is 1. The van der Waals surface area contributed by atoms with Gasteiger partial charge in [0.1, 0.15) is 0 Å². The van der Waals surface area contributed by atoms with Crippen LogP contribution in [0.5, 0.6) is 0 Å². The number of ether oxygens (including phenoxy) is 1. The second-order valence-electron chi connectivity index (χ2n) is 3.75. The fourth-order valence-electron chi connectivity index (χ4n) is 0.362. The van der Waals surface area contributed by atoms with E-state index in [1.807, 2.05) is 20.8 Å². The zero-order chi connectivity index (χ0) is 10.0. The van der Waals surface area contributed by atoms with Crippen molar-refractivity contribution in [2.45, 2.75) is 52.6 Å². The van der Waals surface area contributed by atoms with Crippen molar-refractivity contribution in [3.8, 4) is 0 Å². The molecular formula is C10H24O2. The predicted octanol–water partition coefficient (Wildman–Crippen LogP) is 2.60. The number of aliphatic hydroxyl groups is 1.